The first-order valence-corrected chi connectivity index (χ1v) is 5.95. The fourth-order valence-corrected chi connectivity index (χ4v) is 2.23. The summed E-state index contributed by atoms with van der Waals surface area (Å²) in [6.45, 7) is 1.96. The molecule has 1 amide bonds. The minimum Gasteiger partial charge on any atom is -0.478 e. The maximum absolute atomic E-state index is 11.4. The van der Waals surface area contributed by atoms with Crippen molar-refractivity contribution in [2.24, 2.45) is 0 Å². The number of carboxylic acids is 1. The van der Waals surface area contributed by atoms with Gasteiger partial charge in [-0.25, -0.2) is 9.78 Å². The fraction of sp³-hybridized carbons (Fsp3) is 0.0833. The number of nitrogens with zero attached hydrogens (tertiary/aromatic N) is 1. The molecule has 0 saturated carbocycles. The number of rotatable bonds is 3. The number of aromatic nitrogens is 1. The summed E-state index contributed by atoms with van der Waals surface area (Å²) < 4.78 is 0.970. The number of benzene rings is 1. The van der Waals surface area contributed by atoms with Crippen molar-refractivity contribution in [3.05, 3.63) is 35.9 Å². The first-order chi connectivity index (χ1) is 8.54. The van der Waals surface area contributed by atoms with E-state index >= 15 is 0 Å². The second kappa shape index (κ2) is 4.97. The van der Waals surface area contributed by atoms with Crippen LogP contribution in [-0.4, -0.2) is 22.0 Å². The fourth-order valence-electron chi connectivity index (χ4n) is 1.38. The number of carbonyl (C=O) groups is 2. The molecule has 1 aromatic carbocycles. The second-order valence-electron chi connectivity index (χ2n) is 3.65. The van der Waals surface area contributed by atoms with Gasteiger partial charge in [-0.15, -0.1) is 0 Å². The molecule has 6 heteroatoms. The van der Waals surface area contributed by atoms with E-state index in [1.165, 1.54) is 11.3 Å². The van der Waals surface area contributed by atoms with E-state index in [1.54, 1.807) is 0 Å². The zero-order chi connectivity index (χ0) is 13.1. The number of aryl methyl sites for hydroxylation is 1. The predicted molar refractivity (Wildman–Crippen MR) is 69.8 cm³/mol. The van der Waals surface area contributed by atoms with Gasteiger partial charge in [0.25, 0.3) is 0 Å². The van der Waals surface area contributed by atoms with Gasteiger partial charge in [-0.3, -0.25) is 10.1 Å². The molecular weight excluding hydrogens is 252 g/mol. The molecule has 2 aromatic rings. The number of hydrogen-bond acceptors (Lipinski definition) is 4. The summed E-state index contributed by atoms with van der Waals surface area (Å²) >= 11 is 1.34. The number of anilines is 1. The quantitative estimate of drug-likeness (QED) is 0.831. The van der Waals surface area contributed by atoms with Gasteiger partial charge in [0.1, 0.15) is 0 Å². The van der Waals surface area contributed by atoms with Crippen LogP contribution in [0.15, 0.2) is 30.4 Å². The zero-order valence-electron chi connectivity index (χ0n) is 9.51. The van der Waals surface area contributed by atoms with Gasteiger partial charge in [-0.1, -0.05) is 17.4 Å². The highest BCUT2D eigenvalue weighted by Crippen LogP contribution is 2.26. The molecule has 0 aliphatic heterocycles. The standard InChI is InChI=1S/C12H10N2O3S/c1-7-2-3-9-8(6-7)13-12(18-9)14-10(15)4-5-11(16)17/h2-6H,1H3,(H,16,17)(H,13,14,15). The van der Waals surface area contributed by atoms with Gasteiger partial charge in [-0.05, 0) is 24.6 Å². The summed E-state index contributed by atoms with van der Waals surface area (Å²) in [5.41, 5.74) is 1.91. The molecule has 0 fully saturated rings. The maximum Gasteiger partial charge on any atom is 0.328 e. The Morgan fingerprint density at radius 1 is 1.39 bits per heavy atom. The highest BCUT2D eigenvalue weighted by molar-refractivity contribution is 7.22. The smallest absolute Gasteiger partial charge is 0.328 e. The van der Waals surface area contributed by atoms with Crippen LogP contribution in [0.25, 0.3) is 10.2 Å². The summed E-state index contributed by atoms with van der Waals surface area (Å²) in [5, 5.41) is 11.4. The Morgan fingerprint density at radius 3 is 2.89 bits per heavy atom. The molecule has 0 unspecified atom stereocenters. The van der Waals surface area contributed by atoms with Crippen molar-refractivity contribution in [2.45, 2.75) is 6.92 Å². The van der Waals surface area contributed by atoms with Crippen LogP contribution in [0.4, 0.5) is 5.13 Å². The largest absolute Gasteiger partial charge is 0.478 e. The van der Waals surface area contributed by atoms with Crippen molar-refractivity contribution in [3.63, 3.8) is 0 Å². The second-order valence-corrected chi connectivity index (χ2v) is 4.68. The van der Waals surface area contributed by atoms with E-state index in [4.69, 9.17) is 5.11 Å². The molecule has 5 nitrogen and oxygen atoms in total. The van der Waals surface area contributed by atoms with Crippen molar-refractivity contribution < 1.29 is 14.7 Å². The third kappa shape index (κ3) is 2.92. The molecule has 0 aliphatic rings. The first kappa shape index (κ1) is 12.3. The Hall–Kier alpha value is -2.21. The Morgan fingerprint density at radius 2 is 2.17 bits per heavy atom. The molecule has 1 aromatic heterocycles. The van der Waals surface area contributed by atoms with Crippen molar-refractivity contribution in [3.8, 4) is 0 Å². The van der Waals surface area contributed by atoms with Crippen LogP contribution in [0.1, 0.15) is 5.56 Å². The molecule has 2 rings (SSSR count). The summed E-state index contributed by atoms with van der Waals surface area (Å²) in [7, 11) is 0. The van der Waals surface area contributed by atoms with Crippen LogP contribution < -0.4 is 5.32 Å². The van der Waals surface area contributed by atoms with Crippen LogP contribution in [-0.2, 0) is 9.59 Å². The number of thiazole rings is 1. The molecule has 0 saturated heterocycles. The highest BCUT2D eigenvalue weighted by Gasteiger charge is 2.06. The minimum absolute atomic E-state index is 0.454. The van der Waals surface area contributed by atoms with Gasteiger partial charge < -0.3 is 5.11 Å². The average Bonchev–Trinajstić information content (AvgIpc) is 2.67. The van der Waals surface area contributed by atoms with E-state index in [-0.39, 0.29) is 0 Å². The van der Waals surface area contributed by atoms with Gasteiger partial charge in [0.05, 0.1) is 10.2 Å². The molecule has 92 valence electrons. The SMILES string of the molecule is Cc1ccc2sc(NC(=O)C=CC(=O)O)nc2c1. The Balaban J connectivity index is 2.17. The van der Waals surface area contributed by atoms with Crippen molar-refractivity contribution in [1.29, 1.82) is 0 Å². The van der Waals surface area contributed by atoms with E-state index in [0.29, 0.717) is 5.13 Å². The molecule has 0 radical (unpaired) electrons. The van der Waals surface area contributed by atoms with Gasteiger partial charge in [0.2, 0.25) is 5.91 Å². The minimum atomic E-state index is -1.16. The lowest BCUT2D eigenvalue weighted by atomic mass is 10.2. The van der Waals surface area contributed by atoms with Gasteiger partial charge >= 0.3 is 5.97 Å². The van der Waals surface area contributed by atoms with Crippen LogP contribution in [0.5, 0.6) is 0 Å². The van der Waals surface area contributed by atoms with Gasteiger partial charge in [0, 0.05) is 12.2 Å². The van der Waals surface area contributed by atoms with Gasteiger partial charge in [0.15, 0.2) is 5.13 Å². The lowest BCUT2D eigenvalue weighted by Gasteiger charge is -1.93. The van der Waals surface area contributed by atoms with Crippen LogP contribution in [0.3, 0.4) is 0 Å². The lowest BCUT2D eigenvalue weighted by molar-refractivity contribution is -0.131. The molecule has 0 aliphatic carbocycles. The Kier molecular flexibility index (Phi) is 3.38. The first-order valence-electron chi connectivity index (χ1n) is 5.14. The van der Waals surface area contributed by atoms with Crippen molar-refractivity contribution in [2.75, 3.05) is 5.32 Å². The number of carbonyl (C=O) groups excluding carboxylic acids is 1. The lowest BCUT2D eigenvalue weighted by Crippen LogP contribution is -2.08. The molecular formula is C12H10N2O3S. The monoisotopic (exact) mass is 262 g/mol. The molecule has 18 heavy (non-hydrogen) atoms. The number of fused-ring (bicyclic) bond motifs is 1. The summed E-state index contributed by atoms with van der Waals surface area (Å²) in [6, 6.07) is 5.83. The Bertz CT molecular complexity index is 646. The number of aliphatic carboxylic acids is 1. The van der Waals surface area contributed by atoms with E-state index in [9.17, 15) is 9.59 Å². The number of carboxylic acid groups (broad SMARTS) is 1. The van der Waals surface area contributed by atoms with Crippen LogP contribution in [0.2, 0.25) is 0 Å². The molecule has 0 bridgehead atoms. The Labute approximate surface area is 107 Å². The van der Waals surface area contributed by atoms with Gasteiger partial charge in [-0.2, -0.15) is 0 Å². The normalized spacial score (nSPS) is 10.9. The van der Waals surface area contributed by atoms with Crippen LogP contribution in [0, 0.1) is 6.92 Å². The highest BCUT2D eigenvalue weighted by atomic mass is 32.1. The molecule has 2 N–H and O–H groups in total. The van der Waals surface area contributed by atoms with E-state index in [1.807, 2.05) is 25.1 Å². The van der Waals surface area contributed by atoms with Crippen LogP contribution >= 0.6 is 11.3 Å². The number of nitrogens with one attached hydrogen (secondary N) is 1. The number of hydrogen-bond donors (Lipinski definition) is 2. The zero-order valence-corrected chi connectivity index (χ0v) is 10.3. The average molecular weight is 262 g/mol. The van der Waals surface area contributed by atoms with E-state index in [2.05, 4.69) is 10.3 Å². The van der Waals surface area contributed by atoms with Crippen molar-refractivity contribution >= 4 is 38.6 Å². The van der Waals surface area contributed by atoms with Crippen molar-refractivity contribution in [1.82, 2.24) is 4.98 Å². The predicted octanol–water partition coefficient (Wildman–Crippen LogP) is 2.18. The maximum atomic E-state index is 11.4. The van der Waals surface area contributed by atoms with E-state index < -0.39 is 11.9 Å². The summed E-state index contributed by atoms with van der Waals surface area (Å²) in [6.07, 6.45) is 1.74. The number of amides is 1. The summed E-state index contributed by atoms with van der Waals surface area (Å²) in [5.74, 6) is -1.67. The van der Waals surface area contributed by atoms with E-state index in [0.717, 1.165) is 27.9 Å². The molecule has 1 heterocycles. The third-order valence-electron chi connectivity index (χ3n) is 2.15. The topological polar surface area (TPSA) is 79.3 Å². The summed E-state index contributed by atoms with van der Waals surface area (Å²) in [4.78, 5) is 25.9. The third-order valence-corrected chi connectivity index (χ3v) is 3.10. The molecule has 0 atom stereocenters. The molecule has 0 spiro atoms.